The highest BCUT2D eigenvalue weighted by atomic mass is 19.3. The number of benzene rings is 1. The number of aliphatic hydroxyl groups is 1. The summed E-state index contributed by atoms with van der Waals surface area (Å²) in [6.45, 7) is 3.68. The Kier molecular flexibility index (Phi) is 5.24. The first-order valence-electron chi connectivity index (χ1n) is 9.46. The van der Waals surface area contributed by atoms with Gasteiger partial charge in [-0.05, 0) is 26.0 Å². The summed E-state index contributed by atoms with van der Waals surface area (Å²) < 4.78 is 44.9. The number of rotatable bonds is 5. The van der Waals surface area contributed by atoms with Crippen molar-refractivity contribution in [3.8, 4) is 22.9 Å². The van der Waals surface area contributed by atoms with Gasteiger partial charge in [-0.1, -0.05) is 0 Å². The molecule has 2 aliphatic rings. The molecule has 9 nitrogen and oxygen atoms in total. The van der Waals surface area contributed by atoms with Crippen LogP contribution in [0.15, 0.2) is 18.2 Å². The van der Waals surface area contributed by atoms with E-state index in [4.69, 9.17) is 19.9 Å². The number of anilines is 1. The fourth-order valence-corrected chi connectivity index (χ4v) is 3.51. The zero-order chi connectivity index (χ0) is 21.6. The number of carbonyl (C=O) groups is 1. The minimum atomic E-state index is -2.76. The fraction of sp³-hybridized carbons (Fsp3) is 0.474. The van der Waals surface area contributed by atoms with Crippen molar-refractivity contribution in [1.82, 2.24) is 9.55 Å². The summed E-state index contributed by atoms with van der Waals surface area (Å²) >= 11 is 0. The van der Waals surface area contributed by atoms with E-state index in [9.17, 15) is 18.7 Å². The number of aliphatic hydroxyl groups excluding tert-OH is 1. The molecule has 1 saturated heterocycles. The smallest absolute Gasteiger partial charge is 0.416 e. The quantitative estimate of drug-likeness (QED) is 0.705. The molecule has 30 heavy (non-hydrogen) atoms. The van der Waals surface area contributed by atoms with Crippen molar-refractivity contribution in [3.05, 3.63) is 23.9 Å². The van der Waals surface area contributed by atoms with Crippen molar-refractivity contribution in [2.45, 2.75) is 45.2 Å². The van der Waals surface area contributed by atoms with E-state index in [-0.39, 0.29) is 12.4 Å². The van der Waals surface area contributed by atoms with Crippen LogP contribution >= 0.6 is 0 Å². The standard InChI is InChI=1S/C19H22F2N4O5/c1-9-17(25-13(15(20)21)8-29-19(25)27)23-18-12-4-3-11(30-10(2)16(22)26)7-14(12)28-6-5-24(9)18/h3-4,7,10,13,15-16,26H,5-6,8,22H2,1-2H3/t10-,13-,16?/m0/s1. The summed E-state index contributed by atoms with van der Waals surface area (Å²) in [6.07, 6.45) is -5.37. The highest BCUT2D eigenvalue weighted by Crippen LogP contribution is 2.39. The third-order valence-corrected chi connectivity index (χ3v) is 5.19. The van der Waals surface area contributed by atoms with E-state index in [0.29, 0.717) is 41.7 Å². The molecule has 2 aliphatic heterocycles. The monoisotopic (exact) mass is 424 g/mol. The third-order valence-electron chi connectivity index (χ3n) is 5.19. The molecule has 3 N–H and O–H groups in total. The predicted molar refractivity (Wildman–Crippen MR) is 102 cm³/mol. The lowest BCUT2D eigenvalue weighted by Gasteiger charge is -2.19. The first-order chi connectivity index (χ1) is 14.3. The number of carbonyl (C=O) groups excluding carboxylic acids is 1. The highest BCUT2D eigenvalue weighted by molar-refractivity contribution is 5.90. The van der Waals surface area contributed by atoms with Gasteiger partial charge in [-0.15, -0.1) is 0 Å². The number of cyclic esters (lactones) is 1. The lowest BCUT2D eigenvalue weighted by Crippen LogP contribution is -2.39. The number of fused-ring (bicyclic) bond motifs is 3. The molecule has 1 aromatic heterocycles. The van der Waals surface area contributed by atoms with Gasteiger partial charge >= 0.3 is 6.09 Å². The normalized spacial score (nSPS) is 20.2. The van der Waals surface area contributed by atoms with Gasteiger partial charge in [0.1, 0.15) is 48.9 Å². The third kappa shape index (κ3) is 3.43. The van der Waals surface area contributed by atoms with Gasteiger partial charge in [0.2, 0.25) is 0 Å². The first-order valence-corrected chi connectivity index (χ1v) is 9.46. The number of halogens is 2. The van der Waals surface area contributed by atoms with E-state index >= 15 is 0 Å². The van der Waals surface area contributed by atoms with Gasteiger partial charge in [-0.3, -0.25) is 0 Å². The zero-order valence-corrected chi connectivity index (χ0v) is 16.4. The lowest BCUT2D eigenvalue weighted by atomic mass is 10.1. The zero-order valence-electron chi connectivity index (χ0n) is 16.4. The van der Waals surface area contributed by atoms with Gasteiger partial charge in [0, 0.05) is 6.07 Å². The highest BCUT2D eigenvalue weighted by Gasteiger charge is 2.43. The first kappa shape index (κ1) is 20.4. The van der Waals surface area contributed by atoms with Crippen LogP contribution in [0.5, 0.6) is 11.5 Å². The minimum absolute atomic E-state index is 0.144. The van der Waals surface area contributed by atoms with Crippen LogP contribution in [0.25, 0.3) is 11.4 Å². The summed E-state index contributed by atoms with van der Waals surface area (Å²) in [5.74, 6) is 1.56. The molecule has 0 radical (unpaired) electrons. The topological polar surface area (TPSA) is 112 Å². The van der Waals surface area contributed by atoms with Gasteiger partial charge in [-0.2, -0.15) is 0 Å². The van der Waals surface area contributed by atoms with Crippen LogP contribution < -0.4 is 20.1 Å². The van der Waals surface area contributed by atoms with E-state index < -0.39 is 30.9 Å². The number of hydrogen-bond donors (Lipinski definition) is 2. The molecule has 3 heterocycles. The number of nitrogens with two attached hydrogens (primary N) is 1. The number of alkyl halides is 2. The maximum atomic E-state index is 13.4. The van der Waals surface area contributed by atoms with Crippen LogP contribution in [0.3, 0.4) is 0 Å². The van der Waals surface area contributed by atoms with Crippen molar-refractivity contribution in [3.63, 3.8) is 0 Å². The Morgan fingerprint density at radius 2 is 2.13 bits per heavy atom. The van der Waals surface area contributed by atoms with Crippen LogP contribution in [-0.2, 0) is 11.3 Å². The van der Waals surface area contributed by atoms with E-state index in [2.05, 4.69) is 4.98 Å². The molecule has 0 bridgehead atoms. The van der Waals surface area contributed by atoms with Crippen LogP contribution in [0, 0.1) is 6.92 Å². The van der Waals surface area contributed by atoms with E-state index in [1.165, 1.54) is 0 Å². The Bertz CT molecular complexity index is 965. The van der Waals surface area contributed by atoms with Crippen LogP contribution in [-0.4, -0.2) is 58.8 Å². The summed E-state index contributed by atoms with van der Waals surface area (Å²) in [4.78, 5) is 17.5. The van der Waals surface area contributed by atoms with E-state index in [1.54, 1.807) is 32.0 Å². The minimum Gasteiger partial charge on any atom is -0.491 e. The molecular weight excluding hydrogens is 402 g/mol. The van der Waals surface area contributed by atoms with E-state index in [1.807, 2.05) is 4.57 Å². The van der Waals surface area contributed by atoms with Gasteiger partial charge in [0.25, 0.3) is 6.43 Å². The van der Waals surface area contributed by atoms with Gasteiger partial charge in [0.15, 0.2) is 5.82 Å². The van der Waals surface area contributed by atoms with Crippen LogP contribution in [0.4, 0.5) is 19.4 Å². The summed E-state index contributed by atoms with van der Waals surface area (Å²) in [5.41, 5.74) is 6.61. The van der Waals surface area contributed by atoms with Crippen LogP contribution in [0.1, 0.15) is 12.6 Å². The second-order valence-electron chi connectivity index (χ2n) is 7.16. The predicted octanol–water partition coefficient (Wildman–Crippen LogP) is 1.89. The molecule has 0 aliphatic carbocycles. The number of nitrogens with zero attached hydrogens (tertiary/aromatic N) is 3. The molecule has 3 atom stereocenters. The average Bonchev–Trinajstić information content (AvgIpc) is 3.16. The number of ether oxygens (including phenoxy) is 3. The fourth-order valence-electron chi connectivity index (χ4n) is 3.51. The molecule has 1 fully saturated rings. The molecule has 0 saturated carbocycles. The maximum Gasteiger partial charge on any atom is 0.416 e. The van der Waals surface area contributed by atoms with Crippen molar-refractivity contribution in [1.29, 1.82) is 0 Å². The second kappa shape index (κ2) is 7.73. The SMILES string of the molecule is Cc1c(N2C(=O)OC[C@H]2C(F)F)nc2n1CCOc1cc(O[C@@H](C)C(N)O)ccc1-2. The molecule has 1 amide bonds. The second-order valence-corrected chi connectivity index (χ2v) is 7.16. The number of hydrogen-bond acceptors (Lipinski definition) is 7. The Morgan fingerprint density at radius 1 is 1.37 bits per heavy atom. The molecule has 162 valence electrons. The Labute approximate surface area is 170 Å². The number of aromatic nitrogens is 2. The van der Waals surface area contributed by atoms with Gasteiger partial charge in [0.05, 0.1) is 17.8 Å². The molecule has 1 unspecified atom stereocenters. The lowest BCUT2D eigenvalue weighted by molar-refractivity contribution is 0.0519. The molecule has 1 aromatic carbocycles. The van der Waals surface area contributed by atoms with Crippen molar-refractivity contribution < 1.29 is 32.9 Å². The van der Waals surface area contributed by atoms with Gasteiger partial charge < -0.3 is 29.6 Å². The molecule has 2 aromatic rings. The average molecular weight is 424 g/mol. The van der Waals surface area contributed by atoms with Crippen molar-refractivity contribution in [2.75, 3.05) is 18.1 Å². The largest absolute Gasteiger partial charge is 0.491 e. The van der Waals surface area contributed by atoms with Crippen LogP contribution in [0.2, 0.25) is 0 Å². The molecular formula is C19H22F2N4O5. The number of amides is 1. The summed E-state index contributed by atoms with van der Waals surface area (Å²) in [7, 11) is 0. The van der Waals surface area contributed by atoms with E-state index in [0.717, 1.165) is 4.90 Å². The summed E-state index contributed by atoms with van der Waals surface area (Å²) in [5, 5.41) is 9.43. The summed E-state index contributed by atoms with van der Waals surface area (Å²) in [6, 6.07) is 3.66. The van der Waals surface area contributed by atoms with Gasteiger partial charge in [-0.25, -0.2) is 23.5 Å². The van der Waals surface area contributed by atoms with Crippen molar-refractivity contribution in [2.24, 2.45) is 5.73 Å². The maximum absolute atomic E-state index is 13.4. The Hall–Kier alpha value is -2.92. The Morgan fingerprint density at radius 3 is 2.83 bits per heavy atom. The molecule has 0 spiro atoms. The Balaban J connectivity index is 1.73. The molecule has 11 heteroatoms. The molecule has 4 rings (SSSR count). The number of imidazole rings is 1. The van der Waals surface area contributed by atoms with Crippen molar-refractivity contribution >= 4 is 11.9 Å².